The van der Waals surface area contributed by atoms with Gasteiger partial charge in [-0.2, -0.15) is 0 Å². The molecule has 1 aromatic heterocycles. The molecule has 1 saturated carbocycles. The molecule has 1 atom stereocenters. The lowest BCUT2D eigenvalue weighted by atomic mass is 10.0. The number of aromatic nitrogens is 1. The highest BCUT2D eigenvalue weighted by Crippen LogP contribution is 2.40. The molecule has 0 aromatic carbocycles. The van der Waals surface area contributed by atoms with Gasteiger partial charge in [0.05, 0.1) is 0 Å². The van der Waals surface area contributed by atoms with E-state index in [1.165, 1.54) is 6.20 Å². The van der Waals surface area contributed by atoms with E-state index >= 15 is 0 Å². The lowest BCUT2D eigenvalue weighted by molar-refractivity contribution is 0.0694. The summed E-state index contributed by atoms with van der Waals surface area (Å²) < 4.78 is 15.2. The minimum Gasteiger partial charge on any atom is -0.477 e. The van der Waals surface area contributed by atoms with Crippen molar-refractivity contribution in [2.75, 3.05) is 0 Å². The molecule has 1 fully saturated rings. The van der Waals surface area contributed by atoms with Crippen LogP contribution in [0.15, 0.2) is 16.0 Å². The van der Waals surface area contributed by atoms with Crippen LogP contribution >= 0.6 is 11.6 Å². The SMILES string of the molecule is O=C(O)c1cn(C2CC2)c2c(c1=O)CC(F)C(Cl)=N2. The standard InChI is InChI=1S/C12H10ClFN2O3/c13-10-8(14)3-6-9(17)7(12(18)19)4-16(5-1-2-5)11(6)15-10/h4-5,8H,1-3H2,(H,18,19). The molecule has 7 heteroatoms. The summed E-state index contributed by atoms with van der Waals surface area (Å²) in [6.45, 7) is 0. The molecule has 2 heterocycles. The van der Waals surface area contributed by atoms with Crippen LogP contribution in [0.5, 0.6) is 0 Å². The molecule has 0 spiro atoms. The van der Waals surface area contributed by atoms with E-state index in [0.717, 1.165) is 12.8 Å². The largest absolute Gasteiger partial charge is 0.477 e. The van der Waals surface area contributed by atoms with Crippen molar-refractivity contribution in [2.45, 2.75) is 31.5 Å². The molecule has 1 aliphatic heterocycles. The highest BCUT2D eigenvalue weighted by atomic mass is 35.5. The predicted octanol–water partition coefficient (Wildman–Crippen LogP) is 2.04. The van der Waals surface area contributed by atoms with Gasteiger partial charge in [-0.15, -0.1) is 0 Å². The Balaban J connectivity index is 2.29. The average molecular weight is 285 g/mol. The van der Waals surface area contributed by atoms with Crippen molar-refractivity contribution in [2.24, 2.45) is 4.99 Å². The first-order valence-electron chi connectivity index (χ1n) is 5.88. The first-order valence-corrected chi connectivity index (χ1v) is 6.26. The number of alkyl halides is 1. The summed E-state index contributed by atoms with van der Waals surface area (Å²) in [5.41, 5.74) is -0.912. The van der Waals surface area contributed by atoms with Crippen molar-refractivity contribution in [3.63, 3.8) is 0 Å². The zero-order valence-corrected chi connectivity index (χ0v) is 10.5. The summed E-state index contributed by atoms with van der Waals surface area (Å²) in [5, 5.41) is 8.85. The molecule has 5 nitrogen and oxygen atoms in total. The van der Waals surface area contributed by atoms with Crippen molar-refractivity contribution in [3.8, 4) is 0 Å². The fourth-order valence-corrected chi connectivity index (χ4v) is 2.36. The van der Waals surface area contributed by atoms with E-state index < -0.39 is 17.6 Å². The van der Waals surface area contributed by atoms with Gasteiger partial charge in [0.25, 0.3) is 0 Å². The molecule has 0 amide bonds. The molecule has 100 valence electrons. The van der Waals surface area contributed by atoms with Crippen molar-refractivity contribution >= 4 is 28.6 Å². The van der Waals surface area contributed by atoms with Crippen LogP contribution < -0.4 is 5.43 Å². The van der Waals surface area contributed by atoms with Crippen LogP contribution in [0.4, 0.5) is 10.2 Å². The molecule has 1 N–H and O–H groups in total. The maximum absolute atomic E-state index is 13.6. The van der Waals surface area contributed by atoms with Gasteiger partial charge in [-0.3, -0.25) is 4.79 Å². The second-order valence-electron chi connectivity index (χ2n) is 4.72. The van der Waals surface area contributed by atoms with Crippen molar-refractivity contribution in [1.29, 1.82) is 0 Å². The Bertz CT molecular complexity index is 664. The molecule has 1 aliphatic carbocycles. The zero-order chi connectivity index (χ0) is 13.7. The van der Waals surface area contributed by atoms with E-state index in [2.05, 4.69) is 4.99 Å². The number of hydrogen-bond acceptors (Lipinski definition) is 3. The van der Waals surface area contributed by atoms with Crippen molar-refractivity contribution in [1.82, 2.24) is 4.57 Å². The maximum Gasteiger partial charge on any atom is 0.341 e. The number of pyridine rings is 1. The Hall–Kier alpha value is -1.69. The van der Waals surface area contributed by atoms with Gasteiger partial charge in [-0.25, -0.2) is 14.2 Å². The summed E-state index contributed by atoms with van der Waals surface area (Å²) in [6.07, 6.45) is 1.30. The number of nitrogens with zero attached hydrogens (tertiary/aromatic N) is 2. The van der Waals surface area contributed by atoms with Gasteiger partial charge in [0, 0.05) is 24.2 Å². The lowest BCUT2D eigenvalue weighted by Crippen LogP contribution is -2.29. The number of aliphatic imine (C=N–C) groups is 1. The van der Waals surface area contributed by atoms with Crippen molar-refractivity contribution in [3.05, 3.63) is 27.5 Å². The molecule has 3 rings (SSSR count). The van der Waals surface area contributed by atoms with Crippen LogP contribution in [-0.4, -0.2) is 27.0 Å². The Morgan fingerprint density at radius 2 is 2.21 bits per heavy atom. The minimum absolute atomic E-state index is 0.101. The van der Waals surface area contributed by atoms with Gasteiger partial charge >= 0.3 is 5.97 Å². The number of carbonyl (C=O) groups is 1. The number of halogens is 2. The zero-order valence-electron chi connectivity index (χ0n) is 9.77. The third-order valence-electron chi connectivity index (χ3n) is 3.33. The second kappa shape index (κ2) is 4.16. The van der Waals surface area contributed by atoms with Crippen LogP contribution in [0.3, 0.4) is 0 Å². The van der Waals surface area contributed by atoms with E-state index in [0.29, 0.717) is 5.82 Å². The first kappa shape index (κ1) is 12.3. The van der Waals surface area contributed by atoms with Gasteiger partial charge in [-0.1, -0.05) is 11.6 Å². The normalized spacial score (nSPS) is 21.8. The van der Waals surface area contributed by atoms with Gasteiger partial charge in [0.1, 0.15) is 16.6 Å². The molecular weight excluding hydrogens is 275 g/mol. The Labute approximate surface area is 112 Å². The van der Waals surface area contributed by atoms with Crippen molar-refractivity contribution < 1.29 is 14.3 Å². The Morgan fingerprint density at radius 3 is 2.79 bits per heavy atom. The van der Waals surface area contributed by atoms with E-state index in [-0.39, 0.29) is 28.8 Å². The van der Waals surface area contributed by atoms with E-state index in [1.807, 2.05) is 0 Å². The highest BCUT2D eigenvalue weighted by molar-refractivity contribution is 6.66. The molecule has 0 saturated heterocycles. The topological polar surface area (TPSA) is 71.7 Å². The monoisotopic (exact) mass is 284 g/mol. The summed E-state index contributed by atoms with van der Waals surface area (Å²) in [7, 11) is 0. The Kier molecular flexibility index (Phi) is 2.70. The quantitative estimate of drug-likeness (QED) is 0.903. The third-order valence-corrected chi connectivity index (χ3v) is 3.65. The van der Waals surface area contributed by atoms with E-state index in [1.54, 1.807) is 4.57 Å². The summed E-state index contributed by atoms with van der Waals surface area (Å²) >= 11 is 5.69. The fourth-order valence-electron chi connectivity index (χ4n) is 2.21. The minimum atomic E-state index is -1.54. The molecular formula is C12H10ClFN2O3. The molecule has 0 radical (unpaired) electrons. The van der Waals surface area contributed by atoms with Crippen LogP contribution in [0.25, 0.3) is 0 Å². The molecule has 2 aliphatic rings. The number of fused-ring (bicyclic) bond motifs is 1. The molecule has 1 aromatic rings. The molecule has 1 unspecified atom stereocenters. The highest BCUT2D eigenvalue weighted by Gasteiger charge is 2.33. The Morgan fingerprint density at radius 1 is 1.53 bits per heavy atom. The van der Waals surface area contributed by atoms with Crippen LogP contribution in [0.2, 0.25) is 0 Å². The van der Waals surface area contributed by atoms with E-state index in [9.17, 15) is 14.0 Å². The summed E-state index contributed by atoms with van der Waals surface area (Å²) in [4.78, 5) is 27.0. The molecule has 19 heavy (non-hydrogen) atoms. The van der Waals surface area contributed by atoms with Crippen LogP contribution in [0.1, 0.15) is 34.8 Å². The van der Waals surface area contributed by atoms with E-state index in [4.69, 9.17) is 16.7 Å². The van der Waals surface area contributed by atoms with Gasteiger partial charge in [-0.05, 0) is 12.8 Å². The predicted molar refractivity (Wildman–Crippen MR) is 67.5 cm³/mol. The first-order chi connectivity index (χ1) is 8.99. The number of rotatable bonds is 2. The second-order valence-corrected chi connectivity index (χ2v) is 5.11. The maximum atomic E-state index is 13.6. The average Bonchev–Trinajstić information content (AvgIpc) is 3.16. The fraction of sp³-hybridized carbons (Fsp3) is 0.417. The summed E-state index contributed by atoms with van der Waals surface area (Å²) in [5.74, 6) is -1.00. The smallest absolute Gasteiger partial charge is 0.341 e. The number of carboxylic acid groups (broad SMARTS) is 1. The van der Waals surface area contributed by atoms with Gasteiger partial charge < -0.3 is 9.67 Å². The van der Waals surface area contributed by atoms with Crippen LogP contribution in [-0.2, 0) is 6.42 Å². The van der Waals surface area contributed by atoms with Gasteiger partial charge in [0.15, 0.2) is 6.17 Å². The molecule has 0 bridgehead atoms. The number of hydrogen-bond donors (Lipinski definition) is 1. The summed E-state index contributed by atoms with van der Waals surface area (Å²) in [6, 6.07) is 0.122. The van der Waals surface area contributed by atoms with Gasteiger partial charge in [0.2, 0.25) is 5.43 Å². The lowest BCUT2D eigenvalue weighted by Gasteiger charge is -2.20. The van der Waals surface area contributed by atoms with Crippen LogP contribution in [0, 0.1) is 0 Å². The number of aromatic carboxylic acids is 1. The third kappa shape index (κ3) is 1.96. The number of carboxylic acids is 1.